The van der Waals surface area contributed by atoms with E-state index in [-0.39, 0.29) is 10.6 Å². The molecule has 3 rings (SSSR count). The van der Waals surface area contributed by atoms with Crippen molar-refractivity contribution in [1.82, 2.24) is 4.98 Å². The highest BCUT2D eigenvalue weighted by Crippen LogP contribution is 2.20. The molecule has 7 heteroatoms. The van der Waals surface area contributed by atoms with Crippen molar-refractivity contribution in [1.29, 1.82) is 0 Å². The fourth-order valence-corrected chi connectivity index (χ4v) is 3.94. The van der Waals surface area contributed by atoms with Crippen molar-refractivity contribution in [3.8, 4) is 11.3 Å². The first-order valence-electron chi connectivity index (χ1n) is 6.84. The average molecular weight is 346 g/mol. The molecule has 118 valence electrons. The summed E-state index contributed by atoms with van der Waals surface area (Å²) in [5.41, 5.74) is 2.77. The fourth-order valence-electron chi connectivity index (χ4n) is 2.15. The SMILES string of the molecule is O=c1[nH]c(-c2ccc(NS(=O)(=O)Cc3ccccc3)cc2)cs1. The van der Waals surface area contributed by atoms with Gasteiger partial charge in [0.15, 0.2) is 0 Å². The Morgan fingerprint density at radius 1 is 1.00 bits per heavy atom. The molecular weight excluding hydrogens is 332 g/mol. The van der Waals surface area contributed by atoms with E-state index in [1.165, 1.54) is 0 Å². The van der Waals surface area contributed by atoms with Crippen LogP contribution in [-0.2, 0) is 15.8 Å². The van der Waals surface area contributed by atoms with E-state index in [1.54, 1.807) is 53.9 Å². The van der Waals surface area contributed by atoms with Gasteiger partial charge in [-0.1, -0.05) is 53.8 Å². The molecule has 0 aliphatic carbocycles. The van der Waals surface area contributed by atoms with Gasteiger partial charge >= 0.3 is 4.87 Å². The van der Waals surface area contributed by atoms with E-state index in [1.807, 2.05) is 6.07 Å². The maximum Gasteiger partial charge on any atom is 0.304 e. The first-order valence-corrected chi connectivity index (χ1v) is 9.38. The summed E-state index contributed by atoms with van der Waals surface area (Å²) in [6.07, 6.45) is 0. The molecule has 5 nitrogen and oxygen atoms in total. The minimum absolute atomic E-state index is 0.0760. The lowest BCUT2D eigenvalue weighted by Crippen LogP contribution is -2.14. The van der Waals surface area contributed by atoms with Gasteiger partial charge in [-0.15, -0.1) is 0 Å². The topological polar surface area (TPSA) is 79.0 Å². The Morgan fingerprint density at radius 2 is 1.70 bits per heavy atom. The third-order valence-corrected chi connectivity index (χ3v) is 5.12. The van der Waals surface area contributed by atoms with Gasteiger partial charge in [-0.2, -0.15) is 0 Å². The summed E-state index contributed by atoms with van der Waals surface area (Å²) in [6, 6.07) is 15.9. The first kappa shape index (κ1) is 15.5. The van der Waals surface area contributed by atoms with Crippen LogP contribution in [0.3, 0.4) is 0 Å². The standard InChI is InChI=1S/C16H14N2O3S2/c19-16-17-15(10-22-16)13-6-8-14(9-7-13)18-23(20,21)11-12-4-2-1-3-5-12/h1-10,18H,11H2,(H,17,19). The molecule has 0 unspecified atom stereocenters. The van der Waals surface area contributed by atoms with Crippen LogP contribution in [0.4, 0.5) is 5.69 Å². The zero-order chi connectivity index (χ0) is 16.3. The summed E-state index contributed by atoms with van der Waals surface area (Å²) in [6.45, 7) is 0. The number of sulfonamides is 1. The maximum atomic E-state index is 12.2. The second-order valence-electron chi connectivity index (χ2n) is 4.99. The minimum atomic E-state index is -3.47. The van der Waals surface area contributed by atoms with Crippen LogP contribution in [0.2, 0.25) is 0 Å². The third-order valence-electron chi connectivity index (χ3n) is 3.19. The molecule has 0 fully saturated rings. The fraction of sp³-hybridized carbons (Fsp3) is 0.0625. The van der Waals surface area contributed by atoms with Crippen molar-refractivity contribution < 1.29 is 8.42 Å². The number of hydrogen-bond donors (Lipinski definition) is 2. The van der Waals surface area contributed by atoms with Crippen LogP contribution < -0.4 is 9.60 Å². The Labute approximate surface area is 137 Å². The minimum Gasteiger partial charge on any atom is -0.312 e. The van der Waals surface area contributed by atoms with Crippen LogP contribution in [0.15, 0.2) is 64.8 Å². The number of thiazole rings is 1. The van der Waals surface area contributed by atoms with Crippen LogP contribution in [0.1, 0.15) is 5.56 Å². The third kappa shape index (κ3) is 4.08. The first-order chi connectivity index (χ1) is 11.0. The molecule has 0 spiro atoms. The highest BCUT2D eigenvalue weighted by molar-refractivity contribution is 7.91. The van der Waals surface area contributed by atoms with Gasteiger partial charge in [0, 0.05) is 11.1 Å². The molecule has 1 heterocycles. The second-order valence-corrected chi connectivity index (χ2v) is 7.55. The van der Waals surface area contributed by atoms with Crippen molar-refractivity contribution >= 4 is 27.0 Å². The molecular formula is C16H14N2O3S2. The van der Waals surface area contributed by atoms with Crippen molar-refractivity contribution in [3.05, 3.63) is 75.2 Å². The molecule has 0 aliphatic heterocycles. The maximum absolute atomic E-state index is 12.2. The number of H-pyrrole nitrogens is 1. The van der Waals surface area contributed by atoms with Gasteiger partial charge in [-0.25, -0.2) is 8.42 Å². The number of nitrogens with one attached hydrogen (secondary N) is 2. The zero-order valence-electron chi connectivity index (χ0n) is 12.0. The Hall–Kier alpha value is -2.38. The number of benzene rings is 2. The smallest absolute Gasteiger partial charge is 0.304 e. The highest BCUT2D eigenvalue weighted by atomic mass is 32.2. The Balaban J connectivity index is 1.74. The van der Waals surface area contributed by atoms with Crippen LogP contribution in [0, 0.1) is 0 Å². The zero-order valence-corrected chi connectivity index (χ0v) is 13.7. The Bertz CT molecular complexity index is 943. The molecule has 0 aliphatic rings. The van der Waals surface area contributed by atoms with Crippen LogP contribution >= 0.6 is 11.3 Å². The molecule has 0 saturated heterocycles. The number of anilines is 1. The molecule has 0 saturated carbocycles. The number of aromatic nitrogens is 1. The van der Waals surface area contributed by atoms with Crippen LogP contribution in [-0.4, -0.2) is 13.4 Å². The van der Waals surface area contributed by atoms with Crippen molar-refractivity contribution in [2.45, 2.75) is 5.75 Å². The quantitative estimate of drug-likeness (QED) is 0.745. The molecule has 1 aromatic heterocycles. The number of rotatable bonds is 5. The highest BCUT2D eigenvalue weighted by Gasteiger charge is 2.11. The van der Waals surface area contributed by atoms with Gasteiger partial charge in [-0.3, -0.25) is 9.52 Å². The van der Waals surface area contributed by atoms with Gasteiger partial charge in [0.25, 0.3) is 0 Å². The molecule has 0 bridgehead atoms. The van der Waals surface area contributed by atoms with E-state index in [9.17, 15) is 13.2 Å². The van der Waals surface area contributed by atoms with E-state index >= 15 is 0 Å². The summed E-state index contributed by atoms with van der Waals surface area (Å²) in [7, 11) is -3.47. The van der Waals surface area contributed by atoms with Gasteiger partial charge in [0.1, 0.15) is 0 Å². The lowest BCUT2D eigenvalue weighted by atomic mass is 10.2. The second kappa shape index (κ2) is 6.39. The monoisotopic (exact) mass is 346 g/mol. The molecule has 0 atom stereocenters. The average Bonchev–Trinajstić information content (AvgIpc) is 2.95. The van der Waals surface area contributed by atoms with E-state index in [0.717, 1.165) is 28.2 Å². The van der Waals surface area contributed by atoms with Crippen molar-refractivity contribution in [2.75, 3.05) is 4.72 Å². The lowest BCUT2D eigenvalue weighted by molar-refractivity contribution is 0.600. The summed E-state index contributed by atoms with van der Waals surface area (Å²) in [4.78, 5) is 13.8. The van der Waals surface area contributed by atoms with Gasteiger partial charge in [0.05, 0.1) is 11.4 Å². The number of hydrogen-bond acceptors (Lipinski definition) is 4. The lowest BCUT2D eigenvalue weighted by Gasteiger charge is -2.08. The van der Waals surface area contributed by atoms with E-state index in [0.29, 0.717) is 5.69 Å². The summed E-state index contributed by atoms with van der Waals surface area (Å²) in [5.74, 6) is -0.0760. The van der Waals surface area contributed by atoms with E-state index in [2.05, 4.69) is 9.71 Å². The molecule has 3 aromatic rings. The molecule has 2 N–H and O–H groups in total. The van der Waals surface area contributed by atoms with E-state index < -0.39 is 10.0 Å². The van der Waals surface area contributed by atoms with E-state index in [4.69, 9.17) is 0 Å². The number of aromatic amines is 1. The Kier molecular flexibility index (Phi) is 4.31. The van der Waals surface area contributed by atoms with Gasteiger partial charge in [-0.05, 0) is 23.3 Å². The summed E-state index contributed by atoms with van der Waals surface area (Å²) in [5, 5.41) is 1.73. The van der Waals surface area contributed by atoms with Crippen molar-refractivity contribution in [3.63, 3.8) is 0 Å². The van der Waals surface area contributed by atoms with Crippen LogP contribution in [0.25, 0.3) is 11.3 Å². The van der Waals surface area contributed by atoms with Crippen molar-refractivity contribution in [2.24, 2.45) is 0 Å². The van der Waals surface area contributed by atoms with Gasteiger partial charge < -0.3 is 4.98 Å². The molecule has 0 radical (unpaired) electrons. The predicted molar refractivity (Wildman–Crippen MR) is 93.1 cm³/mol. The summed E-state index contributed by atoms with van der Waals surface area (Å²) >= 11 is 1.09. The Morgan fingerprint density at radius 3 is 2.30 bits per heavy atom. The predicted octanol–water partition coefficient (Wildman–Crippen LogP) is 3.05. The normalized spacial score (nSPS) is 11.3. The largest absolute Gasteiger partial charge is 0.312 e. The molecule has 0 amide bonds. The van der Waals surface area contributed by atoms with Gasteiger partial charge in [0.2, 0.25) is 10.0 Å². The molecule has 23 heavy (non-hydrogen) atoms. The van der Waals surface area contributed by atoms with Crippen LogP contribution in [0.5, 0.6) is 0 Å². The summed E-state index contributed by atoms with van der Waals surface area (Å²) < 4.78 is 26.9. The molecule has 2 aromatic carbocycles.